The first kappa shape index (κ1) is 18.1. The van der Waals surface area contributed by atoms with Crippen molar-refractivity contribution in [2.45, 2.75) is 46.1 Å². The lowest BCUT2D eigenvalue weighted by Gasteiger charge is -2.18. The minimum absolute atomic E-state index is 0.0382. The summed E-state index contributed by atoms with van der Waals surface area (Å²) >= 11 is 0. The van der Waals surface area contributed by atoms with Gasteiger partial charge in [0.05, 0.1) is 0 Å². The normalized spacial score (nSPS) is 11.8. The average Bonchev–Trinajstić information content (AvgIpc) is 2.60. The third-order valence-corrected chi connectivity index (χ3v) is 4.20. The van der Waals surface area contributed by atoms with Gasteiger partial charge in [-0.05, 0) is 61.9 Å². The molecule has 0 radical (unpaired) electrons. The summed E-state index contributed by atoms with van der Waals surface area (Å²) in [5, 5.41) is 2.99. The van der Waals surface area contributed by atoms with Crippen molar-refractivity contribution < 1.29 is 9.53 Å². The summed E-state index contributed by atoms with van der Waals surface area (Å²) in [6.07, 6.45) is 2.10. The Kier molecular flexibility index (Phi) is 6.86. The van der Waals surface area contributed by atoms with Crippen LogP contribution in [0, 0.1) is 13.8 Å². The topological polar surface area (TPSA) is 38.3 Å². The zero-order valence-electron chi connectivity index (χ0n) is 14.8. The van der Waals surface area contributed by atoms with E-state index in [0.29, 0.717) is 13.0 Å². The molecule has 0 aliphatic carbocycles. The van der Waals surface area contributed by atoms with Crippen LogP contribution in [0.5, 0.6) is 5.75 Å². The van der Waals surface area contributed by atoms with Crippen LogP contribution in [0.4, 0.5) is 0 Å². The standard InChI is InChI=1S/C21H27NO2/c1-4-20(24-19-13-12-16(2)17(3)15-19)21(23)22-14-8-11-18-9-6-5-7-10-18/h5-7,9-10,12-13,15,20H,4,8,11,14H2,1-3H3,(H,22,23). The lowest BCUT2D eigenvalue weighted by Crippen LogP contribution is -2.38. The Morgan fingerprint density at radius 1 is 1.08 bits per heavy atom. The number of hydrogen-bond donors (Lipinski definition) is 1. The van der Waals surface area contributed by atoms with Gasteiger partial charge in [0.2, 0.25) is 0 Å². The predicted octanol–water partition coefficient (Wildman–Crippen LogP) is 4.21. The van der Waals surface area contributed by atoms with E-state index in [9.17, 15) is 4.79 Å². The second kappa shape index (κ2) is 9.11. The summed E-state index contributed by atoms with van der Waals surface area (Å²) in [6.45, 7) is 6.75. The van der Waals surface area contributed by atoms with Crippen molar-refractivity contribution in [1.82, 2.24) is 5.32 Å². The van der Waals surface area contributed by atoms with Crippen LogP contribution >= 0.6 is 0 Å². The van der Waals surface area contributed by atoms with Gasteiger partial charge in [-0.3, -0.25) is 4.79 Å². The molecule has 0 aromatic heterocycles. The van der Waals surface area contributed by atoms with Crippen molar-refractivity contribution in [3.8, 4) is 5.75 Å². The number of rotatable bonds is 8. The predicted molar refractivity (Wildman–Crippen MR) is 98.4 cm³/mol. The van der Waals surface area contributed by atoms with Gasteiger partial charge in [0.1, 0.15) is 5.75 Å². The maximum atomic E-state index is 12.3. The molecule has 0 spiro atoms. The molecule has 0 heterocycles. The molecule has 128 valence electrons. The molecule has 3 nitrogen and oxygen atoms in total. The zero-order chi connectivity index (χ0) is 17.4. The van der Waals surface area contributed by atoms with E-state index >= 15 is 0 Å². The first-order valence-corrected chi connectivity index (χ1v) is 8.65. The third-order valence-electron chi connectivity index (χ3n) is 4.20. The highest BCUT2D eigenvalue weighted by molar-refractivity contribution is 5.81. The van der Waals surface area contributed by atoms with Crippen LogP contribution < -0.4 is 10.1 Å². The largest absolute Gasteiger partial charge is 0.481 e. The fourth-order valence-corrected chi connectivity index (χ4v) is 2.54. The summed E-state index contributed by atoms with van der Waals surface area (Å²) in [5.41, 5.74) is 3.69. The second-order valence-electron chi connectivity index (χ2n) is 6.14. The van der Waals surface area contributed by atoms with Crippen LogP contribution in [0.3, 0.4) is 0 Å². The summed E-state index contributed by atoms with van der Waals surface area (Å²) in [4.78, 5) is 12.3. The minimum Gasteiger partial charge on any atom is -0.481 e. The molecule has 0 saturated carbocycles. The van der Waals surface area contributed by atoms with Crippen molar-refractivity contribution in [3.05, 3.63) is 65.2 Å². The molecule has 1 N–H and O–H groups in total. The van der Waals surface area contributed by atoms with E-state index in [4.69, 9.17) is 4.74 Å². The molecule has 0 saturated heterocycles. The summed E-state index contributed by atoms with van der Waals surface area (Å²) in [5.74, 6) is 0.716. The average molecular weight is 325 g/mol. The molecule has 0 bridgehead atoms. The van der Waals surface area contributed by atoms with E-state index in [-0.39, 0.29) is 5.91 Å². The first-order valence-electron chi connectivity index (χ1n) is 8.65. The van der Waals surface area contributed by atoms with E-state index in [0.717, 1.165) is 18.6 Å². The van der Waals surface area contributed by atoms with Crippen LogP contribution in [0.15, 0.2) is 48.5 Å². The number of benzene rings is 2. The number of nitrogens with one attached hydrogen (secondary N) is 1. The summed E-state index contributed by atoms with van der Waals surface area (Å²) < 4.78 is 5.86. The van der Waals surface area contributed by atoms with Gasteiger partial charge >= 0.3 is 0 Å². The highest BCUT2D eigenvalue weighted by atomic mass is 16.5. The molecule has 0 aliphatic rings. The Balaban J connectivity index is 1.79. The Hall–Kier alpha value is -2.29. The fourth-order valence-electron chi connectivity index (χ4n) is 2.54. The van der Waals surface area contributed by atoms with Crippen molar-refractivity contribution in [1.29, 1.82) is 0 Å². The molecule has 3 heteroatoms. The van der Waals surface area contributed by atoms with Crippen molar-refractivity contribution in [2.24, 2.45) is 0 Å². The zero-order valence-corrected chi connectivity index (χ0v) is 14.8. The SMILES string of the molecule is CCC(Oc1ccc(C)c(C)c1)C(=O)NCCCc1ccccc1. The van der Waals surface area contributed by atoms with E-state index in [1.807, 2.05) is 50.2 Å². The lowest BCUT2D eigenvalue weighted by molar-refractivity contribution is -0.128. The molecule has 2 aromatic rings. The van der Waals surface area contributed by atoms with Gasteiger partial charge < -0.3 is 10.1 Å². The van der Waals surface area contributed by atoms with E-state index < -0.39 is 6.10 Å². The number of carbonyl (C=O) groups excluding carboxylic acids is 1. The first-order chi connectivity index (χ1) is 11.6. The maximum absolute atomic E-state index is 12.3. The second-order valence-corrected chi connectivity index (χ2v) is 6.14. The minimum atomic E-state index is -0.441. The van der Waals surface area contributed by atoms with Crippen LogP contribution in [0.1, 0.15) is 36.5 Å². The fraction of sp³-hybridized carbons (Fsp3) is 0.381. The molecule has 1 unspecified atom stereocenters. The smallest absolute Gasteiger partial charge is 0.261 e. The molecule has 2 aromatic carbocycles. The Morgan fingerprint density at radius 2 is 1.83 bits per heavy atom. The van der Waals surface area contributed by atoms with Gasteiger partial charge in [0, 0.05) is 6.54 Å². The van der Waals surface area contributed by atoms with Crippen LogP contribution in [-0.2, 0) is 11.2 Å². The number of aryl methyl sites for hydroxylation is 3. The van der Waals surface area contributed by atoms with Gasteiger partial charge in [-0.2, -0.15) is 0 Å². The molecule has 0 fully saturated rings. The summed E-state index contributed by atoms with van der Waals surface area (Å²) in [7, 11) is 0. The number of ether oxygens (including phenoxy) is 1. The van der Waals surface area contributed by atoms with E-state index in [2.05, 4.69) is 24.4 Å². The van der Waals surface area contributed by atoms with Crippen molar-refractivity contribution >= 4 is 5.91 Å². The number of hydrogen-bond acceptors (Lipinski definition) is 2. The Bertz CT molecular complexity index is 652. The molecular formula is C21H27NO2. The van der Waals surface area contributed by atoms with Crippen molar-refractivity contribution in [3.63, 3.8) is 0 Å². The molecule has 24 heavy (non-hydrogen) atoms. The van der Waals surface area contributed by atoms with Gasteiger partial charge in [-0.15, -0.1) is 0 Å². The van der Waals surface area contributed by atoms with E-state index in [1.54, 1.807) is 0 Å². The monoisotopic (exact) mass is 325 g/mol. The van der Waals surface area contributed by atoms with Gasteiger partial charge in [0.25, 0.3) is 5.91 Å². The Morgan fingerprint density at radius 3 is 2.50 bits per heavy atom. The van der Waals surface area contributed by atoms with Gasteiger partial charge in [-0.25, -0.2) is 0 Å². The molecule has 2 rings (SSSR count). The van der Waals surface area contributed by atoms with Crippen molar-refractivity contribution in [2.75, 3.05) is 6.54 Å². The van der Waals surface area contributed by atoms with Gasteiger partial charge in [0.15, 0.2) is 6.10 Å². The molecule has 1 atom stereocenters. The van der Waals surface area contributed by atoms with Gasteiger partial charge in [-0.1, -0.05) is 43.3 Å². The van der Waals surface area contributed by atoms with Crippen LogP contribution in [0.25, 0.3) is 0 Å². The highest BCUT2D eigenvalue weighted by Gasteiger charge is 2.17. The third kappa shape index (κ3) is 5.41. The molecule has 1 amide bonds. The number of amides is 1. The Labute approximate surface area is 145 Å². The number of carbonyl (C=O) groups is 1. The van der Waals surface area contributed by atoms with Crippen LogP contribution in [0.2, 0.25) is 0 Å². The maximum Gasteiger partial charge on any atom is 0.261 e. The highest BCUT2D eigenvalue weighted by Crippen LogP contribution is 2.18. The summed E-state index contributed by atoms with van der Waals surface area (Å²) in [6, 6.07) is 16.3. The lowest BCUT2D eigenvalue weighted by atomic mass is 10.1. The quantitative estimate of drug-likeness (QED) is 0.738. The molecule has 0 aliphatic heterocycles. The molecular weight excluding hydrogens is 298 g/mol. The van der Waals surface area contributed by atoms with E-state index in [1.165, 1.54) is 16.7 Å². The van der Waals surface area contributed by atoms with Crippen LogP contribution in [-0.4, -0.2) is 18.6 Å².